The standard InChI is InChI=1S/C13H11FOS/c14-12(9-15)8-10-3-5-11(6-4-10)13-2-1-7-16-13/h1-8,15H,9H2/b12-8+. The highest BCUT2D eigenvalue weighted by molar-refractivity contribution is 7.13. The van der Waals surface area contributed by atoms with E-state index in [-0.39, 0.29) is 0 Å². The molecule has 0 saturated heterocycles. The topological polar surface area (TPSA) is 20.2 Å². The molecule has 3 heteroatoms. The smallest absolute Gasteiger partial charge is 0.126 e. The lowest BCUT2D eigenvalue weighted by Crippen LogP contribution is -1.82. The Morgan fingerprint density at radius 1 is 1.25 bits per heavy atom. The normalized spacial score (nSPS) is 11.8. The predicted molar refractivity (Wildman–Crippen MR) is 65.9 cm³/mol. The van der Waals surface area contributed by atoms with E-state index in [4.69, 9.17) is 5.11 Å². The molecular weight excluding hydrogens is 223 g/mol. The number of benzene rings is 1. The van der Waals surface area contributed by atoms with Gasteiger partial charge in [-0.25, -0.2) is 4.39 Å². The third-order valence-corrected chi connectivity index (χ3v) is 3.11. The highest BCUT2D eigenvalue weighted by atomic mass is 32.1. The average Bonchev–Trinajstić information content (AvgIpc) is 2.83. The number of thiophene rings is 1. The molecule has 1 aromatic carbocycles. The summed E-state index contributed by atoms with van der Waals surface area (Å²) in [5.74, 6) is -0.524. The van der Waals surface area contributed by atoms with E-state index in [2.05, 4.69) is 0 Å². The largest absolute Gasteiger partial charge is 0.389 e. The zero-order chi connectivity index (χ0) is 11.4. The molecule has 2 aromatic rings. The molecule has 0 spiro atoms. The van der Waals surface area contributed by atoms with Gasteiger partial charge in [0, 0.05) is 4.88 Å². The molecule has 0 fully saturated rings. The van der Waals surface area contributed by atoms with E-state index in [1.165, 1.54) is 11.0 Å². The highest BCUT2D eigenvalue weighted by Crippen LogP contribution is 2.25. The molecular formula is C13H11FOS. The van der Waals surface area contributed by atoms with Crippen LogP contribution in [-0.4, -0.2) is 11.7 Å². The fourth-order valence-electron chi connectivity index (χ4n) is 1.41. The summed E-state index contributed by atoms with van der Waals surface area (Å²) in [7, 11) is 0. The molecule has 82 valence electrons. The first-order valence-electron chi connectivity index (χ1n) is 4.90. The zero-order valence-corrected chi connectivity index (χ0v) is 9.38. The highest BCUT2D eigenvalue weighted by Gasteiger charge is 1.98. The molecule has 0 aliphatic heterocycles. The van der Waals surface area contributed by atoms with Crippen LogP contribution in [0, 0.1) is 0 Å². The molecule has 0 unspecified atom stereocenters. The van der Waals surface area contributed by atoms with Crippen molar-refractivity contribution in [2.45, 2.75) is 0 Å². The van der Waals surface area contributed by atoms with Crippen LogP contribution in [0.15, 0.2) is 47.6 Å². The number of rotatable bonds is 3. The maximum atomic E-state index is 12.8. The zero-order valence-electron chi connectivity index (χ0n) is 8.56. The lowest BCUT2D eigenvalue weighted by molar-refractivity contribution is 0.300. The van der Waals surface area contributed by atoms with E-state index in [0.29, 0.717) is 0 Å². The fraction of sp³-hybridized carbons (Fsp3) is 0.0769. The van der Waals surface area contributed by atoms with Crippen molar-refractivity contribution in [3.63, 3.8) is 0 Å². The predicted octanol–water partition coefficient (Wildman–Crippen LogP) is 3.72. The van der Waals surface area contributed by atoms with Gasteiger partial charge in [-0.2, -0.15) is 0 Å². The van der Waals surface area contributed by atoms with Crippen LogP contribution in [0.25, 0.3) is 16.5 Å². The maximum absolute atomic E-state index is 12.8. The van der Waals surface area contributed by atoms with Gasteiger partial charge < -0.3 is 5.11 Å². The molecule has 0 bridgehead atoms. The molecule has 1 N–H and O–H groups in total. The number of halogens is 1. The van der Waals surface area contributed by atoms with Crippen LogP contribution in [-0.2, 0) is 0 Å². The minimum Gasteiger partial charge on any atom is -0.389 e. The summed E-state index contributed by atoms with van der Waals surface area (Å²) >= 11 is 1.67. The second-order valence-corrected chi connectivity index (χ2v) is 4.30. The average molecular weight is 234 g/mol. The summed E-state index contributed by atoms with van der Waals surface area (Å²) in [5.41, 5.74) is 1.88. The summed E-state index contributed by atoms with van der Waals surface area (Å²) < 4.78 is 12.8. The van der Waals surface area contributed by atoms with E-state index >= 15 is 0 Å². The maximum Gasteiger partial charge on any atom is 0.126 e. The molecule has 1 aromatic heterocycles. The fourth-order valence-corrected chi connectivity index (χ4v) is 2.15. The number of aliphatic hydroxyl groups excluding tert-OH is 1. The van der Waals surface area contributed by atoms with E-state index < -0.39 is 12.4 Å². The van der Waals surface area contributed by atoms with Crippen molar-refractivity contribution >= 4 is 17.4 Å². The van der Waals surface area contributed by atoms with Crippen LogP contribution >= 0.6 is 11.3 Å². The van der Waals surface area contributed by atoms with Crippen molar-refractivity contribution in [1.82, 2.24) is 0 Å². The van der Waals surface area contributed by atoms with Crippen molar-refractivity contribution in [2.24, 2.45) is 0 Å². The Morgan fingerprint density at radius 3 is 2.56 bits per heavy atom. The Morgan fingerprint density at radius 2 is 2.00 bits per heavy atom. The molecule has 0 aliphatic rings. The number of hydrogen-bond donors (Lipinski definition) is 1. The Hall–Kier alpha value is -1.45. The van der Waals surface area contributed by atoms with Gasteiger partial charge in [0.1, 0.15) is 5.83 Å². The van der Waals surface area contributed by atoms with Gasteiger partial charge in [0.25, 0.3) is 0 Å². The van der Waals surface area contributed by atoms with Crippen LogP contribution in [0.4, 0.5) is 4.39 Å². The Labute approximate surface area is 97.5 Å². The van der Waals surface area contributed by atoms with Gasteiger partial charge in [0.15, 0.2) is 0 Å². The monoisotopic (exact) mass is 234 g/mol. The van der Waals surface area contributed by atoms with E-state index in [0.717, 1.165) is 11.1 Å². The van der Waals surface area contributed by atoms with Crippen molar-refractivity contribution in [3.05, 3.63) is 53.2 Å². The van der Waals surface area contributed by atoms with Crippen LogP contribution in [0.3, 0.4) is 0 Å². The Bertz CT molecular complexity index is 471. The van der Waals surface area contributed by atoms with Crippen molar-refractivity contribution in [2.75, 3.05) is 6.61 Å². The van der Waals surface area contributed by atoms with Gasteiger partial charge in [-0.15, -0.1) is 11.3 Å². The third-order valence-electron chi connectivity index (χ3n) is 2.19. The first kappa shape index (κ1) is 11.0. The van der Waals surface area contributed by atoms with Gasteiger partial charge in [0.05, 0.1) is 6.61 Å². The van der Waals surface area contributed by atoms with Gasteiger partial charge in [-0.05, 0) is 28.6 Å². The van der Waals surface area contributed by atoms with Crippen molar-refractivity contribution < 1.29 is 9.50 Å². The van der Waals surface area contributed by atoms with Crippen LogP contribution in [0.5, 0.6) is 0 Å². The molecule has 0 saturated carbocycles. The molecule has 0 amide bonds. The minimum atomic E-state index is -0.549. The molecule has 0 atom stereocenters. The van der Waals surface area contributed by atoms with Gasteiger partial charge >= 0.3 is 0 Å². The van der Waals surface area contributed by atoms with Gasteiger partial charge in [-0.3, -0.25) is 0 Å². The van der Waals surface area contributed by atoms with E-state index in [1.54, 1.807) is 11.3 Å². The summed E-state index contributed by atoms with van der Waals surface area (Å²) in [6, 6.07) is 11.6. The number of aliphatic hydroxyl groups is 1. The lowest BCUT2D eigenvalue weighted by Gasteiger charge is -1.98. The van der Waals surface area contributed by atoms with E-state index in [1.807, 2.05) is 41.8 Å². The Balaban J connectivity index is 2.23. The quantitative estimate of drug-likeness (QED) is 0.858. The van der Waals surface area contributed by atoms with Gasteiger partial charge in [-0.1, -0.05) is 30.3 Å². The summed E-state index contributed by atoms with van der Waals surface area (Å²) in [6.45, 7) is -0.549. The first-order chi connectivity index (χ1) is 7.79. The minimum absolute atomic E-state index is 0.524. The lowest BCUT2D eigenvalue weighted by atomic mass is 10.1. The summed E-state index contributed by atoms with van der Waals surface area (Å²) in [5, 5.41) is 10.6. The first-order valence-corrected chi connectivity index (χ1v) is 5.78. The van der Waals surface area contributed by atoms with E-state index in [9.17, 15) is 4.39 Å². The molecule has 0 radical (unpaired) electrons. The van der Waals surface area contributed by atoms with Crippen LogP contribution in [0.2, 0.25) is 0 Å². The third kappa shape index (κ3) is 2.56. The van der Waals surface area contributed by atoms with Crippen molar-refractivity contribution in [1.29, 1.82) is 0 Å². The summed E-state index contributed by atoms with van der Waals surface area (Å²) in [4.78, 5) is 1.19. The molecule has 1 nitrogen and oxygen atoms in total. The molecule has 2 rings (SSSR count). The molecule has 1 heterocycles. The van der Waals surface area contributed by atoms with Crippen LogP contribution in [0.1, 0.15) is 5.56 Å². The second-order valence-electron chi connectivity index (χ2n) is 3.35. The molecule has 0 aliphatic carbocycles. The Kier molecular flexibility index (Phi) is 3.49. The van der Waals surface area contributed by atoms with Crippen molar-refractivity contribution in [3.8, 4) is 10.4 Å². The SMILES string of the molecule is OC/C(F)=C\c1ccc(-c2cccs2)cc1. The molecule has 16 heavy (non-hydrogen) atoms. The number of hydrogen-bond acceptors (Lipinski definition) is 2. The second kappa shape index (κ2) is 5.05. The summed E-state index contributed by atoms with van der Waals surface area (Å²) in [6.07, 6.45) is 1.33. The van der Waals surface area contributed by atoms with Crippen LogP contribution < -0.4 is 0 Å². The van der Waals surface area contributed by atoms with Gasteiger partial charge in [0.2, 0.25) is 0 Å².